The highest BCUT2D eigenvalue weighted by atomic mass is 35.5. The fourth-order valence-electron chi connectivity index (χ4n) is 2.33. The van der Waals surface area contributed by atoms with Gasteiger partial charge in [0, 0.05) is 5.92 Å². The van der Waals surface area contributed by atoms with Gasteiger partial charge in [-0.15, -0.1) is 0 Å². The van der Waals surface area contributed by atoms with Crippen LogP contribution < -0.4 is 4.74 Å². The second-order valence-electron chi connectivity index (χ2n) is 5.78. The van der Waals surface area contributed by atoms with Crippen molar-refractivity contribution in [3.63, 3.8) is 0 Å². The molecule has 0 saturated heterocycles. The van der Waals surface area contributed by atoms with Crippen molar-refractivity contribution in [1.29, 1.82) is 0 Å². The number of carbonyl (C=O) groups excluding carboxylic acids is 1. The molecule has 0 N–H and O–H groups in total. The summed E-state index contributed by atoms with van der Waals surface area (Å²) in [4.78, 5) is 12.0. The van der Waals surface area contributed by atoms with Crippen molar-refractivity contribution in [1.82, 2.24) is 0 Å². The number of benzene rings is 2. The first kappa shape index (κ1) is 19.4. The SMILES string of the molecule is C=CCOC(=O)c1c(Cl)cc(OCC(C)c2cccc(C)c2)cc1Cl. The summed E-state index contributed by atoms with van der Waals surface area (Å²) in [6, 6.07) is 11.4. The van der Waals surface area contributed by atoms with Gasteiger partial charge in [0.1, 0.15) is 12.4 Å². The zero-order valence-electron chi connectivity index (χ0n) is 14.2. The fraction of sp³-hybridized carbons (Fsp3) is 0.250. The fourth-order valence-corrected chi connectivity index (χ4v) is 2.95. The Morgan fingerprint density at radius 1 is 1.24 bits per heavy atom. The third kappa shape index (κ3) is 5.25. The number of hydrogen-bond acceptors (Lipinski definition) is 3. The Morgan fingerprint density at radius 2 is 1.92 bits per heavy atom. The summed E-state index contributed by atoms with van der Waals surface area (Å²) in [6.45, 7) is 8.20. The highest BCUT2D eigenvalue weighted by Crippen LogP contribution is 2.31. The van der Waals surface area contributed by atoms with Gasteiger partial charge >= 0.3 is 5.97 Å². The van der Waals surface area contributed by atoms with Gasteiger partial charge in [0.2, 0.25) is 0 Å². The average Bonchev–Trinajstić information content (AvgIpc) is 2.57. The van der Waals surface area contributed by atoms with Crippen molar-refractivity contribution < 1.29 is 14.3 Å². The quantitative estimate of drug-likeness (QED) is 0.449. The molecule has 1 unspecified atom stereocenters. The van der Waals surface area contributed by atoms with Crippen molar-refractivity contribution in [2.24, 2.45) is 0 Å². The minimum atomic E-state index is -0.588. The van der Waals surface area contributed by atoms with Crippen LogP contribution in [0.5, 0.6) is 5.75 Å². The first-order valence-corrected chi connectivity index (χ1v) is 8.64. The minimum Gasteiger partial charge on any atom is -0.493 e. The van der Waals surface area contributed by atoms with Crippen LogP contribution in [-0.4, -0.2) is 19.2 Å². The molecule has 3 nitrogen and oxygen atoms in total. The highest BCUT2D eigenvalue weighted by Gasteiger charge is 2.18. The van der Waals surface area contributed by atoms with Crippen LogP contribution in [0.25, 0.3) is 0 Å². The molecular formula is C20H20Cl2O3. The molecule has 0 saturated carbocycles. The lowest BCUT2D eigenvalue weighted by Crippen LogP contribution is -2.09. The predicted molar refractivity (Wildman–Crippen MR) is 102 cm³/mol. The number of rotatable bonds is 7. The minimum absolute atomic E-state index is 0.0950. The van der Waals surface area contributed by atoms with Crippen molar-refractivity contribution in [3.05, 3.63) is 75.8 Å². The summed E-state index contributed by atoms with van der Waals surface area (Å²) >= 11 is 12.3. The summed E-state index contributed by atoms with van der Waals surface area (Å²) in [5.74, 6) is 0.124. The maximum absolute atomic E-state index is 12.0. The molecule has 1 atom stereocenters. The molecule has 0 amide bonds. The number of carbonyl (C=O) groups is 1. The smallest absolute Gasteiger partial charge is 0.341 e. The Balaban J connectivity index is 2.08. The van der Waals surface area contributed by atoms with E-state index in [0.717, 1.165) is 0 Å². The first-order valence-electron chi connectivity index (χ1n) is 7.88. The lowest BCUT2D eigenvalue weighted by Gasteiger charge is -2.15. The normalized spacial score (nSPS) is 11.7. The lowest BCUT2D eigenvalue weighted by molar-refractivity contribution is 0.0550. The summed E-state index contributed by atoms with van der Waals surface area (Å²) < 4.78 is 10.8. The Hall–Kier alpha value is -1.97. The number of halogens is 2. The second kappa shape index (κ2) is 8.93. The van der Waals surface area contributed by atoms with Gasteiger partial charge in [-0.1, -0.05) is 72.6 Å². The van der Waals surface area contributed by atoms with E-state index in [1.807, 2.05) is 6.07 Å². The van der Waals surface area contributed by atoms with Crippen molar-refractivity contribution in [3.8, 4) is 5.75 Å². The zero-order chi connectivity index (χ0) is 18.4. The number of ether oxygens (including phenoxy) is 2. The molecule has 2 aromatic rings. The van der Waals surface area contributed by atoms with Crippen LogP contribution >= 0.6 is 23.2 Å². The largest absolute Gasteiger partial charge is 0.493 e. The van der Waals surface area contributed by atoms with E-state index in [1.54, 1.807) is 12.1 Å². The van der Waals surface area contributed by atoms with Crippen LogP contribution in [0.2, 0.25) is 10.0 Å². The predicted octanol–water partition coefficient (Wildman–Crippen LogP) is 5.83. The maximum Gasteiger partial charge on any atom is 0.341 e. The van der Waals surface area contributed by atoms with E-state index < -0.39 is 5.97 Å². The Bertz CT molecular complexity index is 748. The van der Waals surface area contributed by atoms with Crippen LogP contribution in [0, 0.1) is 6.92 Å². The lowest BCUT2D eigenvalue weighted by atomic mass is 10.0. The van der Waals surface area contributed by atoms with Gasteiger partial charge in [-0.05, 0) is 24.6 Å². The first-order chi connectivity index (χ1) is 11.9. The summed E-state index contributed by atoms with van der Waals surface area (Å²) in [5, 5.41) is 0.388. The van der Waals surface area contributed by atoms with E-state index in [9.17, 15) is 4.79 Å². The zero-order valence-corrected chi connectivity index (χ0v) is 15.7. The van der Waals surface area contributed by atoms with E-state index >= 15 is 0 Å². The van der Waals surface area contributed by atoms with E-state index in [0.29, 0.717) is 12.4 Å². The van der Waals surface area contributed by atoms with E-state index in [4.69, 9.17) is 32.7 Å². The number of esters is 1. The molecule has 0 bridgehead atoms. The molecule has 0 aliphatic heterocycles. The molecule has 2 aromatic carbocycles. The van der Waals surface area contributed by atoms with E-state index in [-0.39, 0.29) is 28.1 Å². The van der Waals surface area contributed by atoms with Crippen molar-refractivity contribution in [2.75, 3.05) is 13.2 Å². The summed E-state index contributed by atoms with van der Waals surface area (Å²) in [5.41, 5.74) is 2.53. The monoisotopic (exact) mass is 378 g/mol. The molecule has 25 heavy (non-hydrogen) atoms. The van der Waals surface area contributed by atoms with Gasteiger partial charge < -0.3 is 9.47 Å². The summed E-state index contributed by atoms with van der Waals surface area (Å²) in [6.07, 6.45) is 1.48. The molecule has 0 aliphatic rings. The van der Waals surface area contributed by atoms with E-state index in [1.165, 1.54) is 17.2 Å². The van der Waals surface area contributed by atoms with Crippen molar-refractivity contribution in [2.45, 2.75) is 19.8 Å². The van der Waals surface area contributed by atoms with Gasteiger partial charge in [0.05, 0.1) is 22.2 Å². The molecule has 0 fully saturated rings. The van der Waals surface area contributed by atoms with Crippen LogP contribution in [0.1, 0.15) is 34.3 Å². The van der Waals surface area contributed by atoms with Crippen LogP contribution in [0.4, 0.5) is 0 Å². The second-order valence-corrected chi connectivity index (χ2v) is 6.59. The van der Waals surface area contributed by atoms with Crippen molar-refractivity contribution >= 4 is 29.2 Å². The molecule has 132 valence electrons. The van der Waals surface area contributed by atoms with Gasteiger partial charge in [-0.3, -0.25) is 0 Å². The summed E-state index contributed by atoms with van der Waals surface area (Å²) in [7, 11) is 0. The van der Waals surface area contributed by atoms with Crippen LogP contribution in [-0.2, 0) is 4.74 Å². The number of aryl methyl sites for hydroxylation is 1. The van der Waals surface area contributed by atoms with Gasteiger partial charge in [0.15, 0.2) is 0 Å². The molecule has 0 heterocycles. The third-order valence-electron chi connectivity index (χ3n) is 3.66. The van der Waals surface area contributed by atoms with E-state index in [2.05, 4.69) is 38.6 Å². The molecule has 0 spiro atoms. The molecule has 2 rings (SSSR count). The molecule has 0 radical (unpaired) electrons. The maximum atomic E-state index is 12.0. The van der Waals surface area contributed by atoms with Gasteiger partial charge in [-0.2, -0.15) is 0 Å². The van der Waals surface area contributed by atoms with Gasteiger partial charge in [0.25, 0.3) is 0 Å². The molecule has 0 aliphatic carbocycles. The average molecular weight is 379 g/mol. The molecular weight excluding hydrogens is 359 g/mol. The Labute approximate surface area is 158 Å². The molecule has 0 aromatic heterocycles. The van der Waals surface area contributed by atoms with Crippen LogP contribution in [0.3, 0.4) is 0 Å². The highest BCUT2D eigenvalue weighted by molar-refractivity contribution is 6.39. The van der Waals surface area contributed by atoms with Crippen LogP contribution in [0.15, 0.2) is 49.1 Å². The topological polar surface area (TPSA) is 35.5 Å². The molecule has 5 heteroatoms. The standard InChI is InChI=1S/C20H20Cl2O3/c1-4-8-24-20(23)19-17(21)10-16(11-18(19)22)25-12-14(3)15-7-5-6-13(2)9-15/h4-7,9-11,14H,1,8,12H2,2-3H3. The Morgan fingerprint density at radius 3 is 2.52 bits per heavy atom. The Kier molecular flexibility index (Phi) is 6.91. The van der Waals surface area contributed by atoms with Gasteiger partial charge in [-0.25, -0.2) is 4.79 Å². The third-order valence-corrected chi connectivity index (χ3v) is 4.26. The number of hydrogen-bond donors (Lipinski definition) is 0.